The van der Waals surface area contributed by atoms with Crippen molar-refractivity contribution < 1.29 is 38.6 Å². The molecular weight excluding hydrogens is 819 g/mol. The summed E-state index contributed by atoms with van der Waals surface area (Å²) in [6, 6.07) is 18.1. The molecule has 2 aromatic heterocycles. The Bertz CT molecular complexity index is 2020. The van der Waals surface area contributed by atoms with Gasteiger partial charge in [0.1, 0.15) is 36.8 Å². The fourth-order valence-corrected chi connectivity index (χ4v) is 6.43. The van der Waals surface area contributed by atoms with Crippen molar-refractivity contribution in [3.8, 4) is 0 Å². The van der Waals surface area contributed by atoms with Crippen molar-refractivity contribution in [3.63, 3.8) is 0 Å². The number of H-pyrrole nitrogens is 1. The Kier molecular flexibility index (Phi) is 22.2. The first-order chi connectivity index (χ1) is 30.6. The molecule has 0 radical (unpaired) electrons. The van der Waals surface area contributed by atoms with Gasteiger partial charge >= 0.3 is 12.1 Å². The fraction of sp³-hybridized carbons (Fsp3) is 0.447. The minimum atomic E-state index is -1.23. The molecule has 4 rings (SSSR count). The molecule has 8 N–H and O–H groups in total. The van der Waals surface area contributed by atoms with Crippen LogP contribution in [0.15, 0.2) is 97.6 Å². The highest BCUT2D eigenvalue weighted by Gasteiger charge is 2.35. The minimum Gasteiger partial charge on any atom is -0.677 e. The van der Waals surface area contributed by atoms with E-state index in [1.165, 1.54) is 12.5 Å². The van der Waals surface area contributed by atoms with E-state index in [2.05, 4.69) is 41.5 Å². The highest BCUT2D eigenvalue weighted by Crippen LogP contribution is 2.13. The van der Waals surface area contributed by atoms with Gasteiger partial charge in [-0.1, -0.05) is 115 Å². The SMILES string of the molecule is CC[C@H](C)[C@H](NC(=O)[C@@H](NC(=O)[C@H](CC(C)C)NC(=O)[C@H](Cc1cnc[nH]1)NC(=O)[C@H](Cc1ccccc1)NC(=O)OCc1ccccc1)C(C)C)C(=O)O.[NH-]CCc1ccccn1. The van der Waals surface area contributed by atoms with Crippen LogP contribution in [0.1, 0.15) is 76.9 Å². The molecule has 0 bridgehead atoms. The third-order valence-corrected chi connectivity index (χ3v) is 10.2. The zero-order valence-corrected chi connectivity index (χ0v) is 37.5. The minimum absolute atomic E-state index is 0.0200. The third kappa shape index (κ3) is 18.4. The van der Waals surface area contributed by atoms with Crippen molar-refractivity contribution in [1.82, 2.24) is 41.5 Å². The van der Waals surface area contributed by atoms with Gasteiger partial charge in [0.2, 0.25) is 23.6 Å². The monoisotopic (exact) mass is 882 g/mol. The van der Waals surface area contributed by atoms with Crippen molar-refractivity contribution in [3.05, 3.63) is 126 Å². The molecule has 0 spiro atoms. The number of imidazole rings is 1. The van der Waals surface area contributed by atoms with E-state index in [0.29, 0.717) is 18.7 Å². The molecule has 0 aliphatic rings. The van der Waals surface area contributed by atoms with Crippen LogP contribution in [-0.2, 0) is 54.6 Å². The van der Waals surface area contributed by atoms with Crippen LogP contribution in [0.2, 0.25) is 0 Å². The molecule has 6 atom stereocenters. The first-order valence-electron chi connectivity index (χ1n) is 21.6. The second kappa shape index (κ2) is 27.4. The third-order valence-electron chi connectivity index (χ3n) is 10.2. The van der Waals surface area contributed by atoms with Gasteiger partial charge in [0.05, 0.1) is 6.33 Å². The molecule has 0 saturated heterocycles. The summed E-state index contributed by atoms with van der Waals surface area (Å²) in [6.45, 7) is 11.1. The number of hydrogen-bond donors (Lipinski definition) is 7. The van der Waals surface area contributed by atoms with E-state index in [1.807, 2.05) is 63.2 Å². The van der Waals surface area contributed by atoms with E-state index in [1.54, 1.807) is 63.4 Å². The number of nitrogens with zero attached hydrogens (tertiary/aromatic N) is 2. The van der Waals surface area contributed by atoms with Crippen LogP contribution in [0.5, 0.6) is 0 Å². The first kappa shape index (κ1) is 51.7. The number of aromatic amines is 1. The number of carbonyl (C=O) groups excluding carboxylic acids is 5. The van der Waals surface area contributed by atoms with E-state index < -0.39 is 71.8 Å². The molecule has 2 aromatic carbocycles. The Balaban J connectivity index is 0.00000107. The van der Waals surface area contributed by atoms with Crippen molar-refractivity contribution in [2.75, 3.05) is 6.54 Å². The number of aliphatic carboxylic acids is 1. The van der Waals surface area contributed by atoms with E-state index in [-0.39, 0.29) is 37.7 Å². The number of alkyl carbamates (subject to hydrolysis) is 1. The van der Waals surface area contributed by atoms with Gasteiger partial charge in [0.15, 0.2) is 0 Å². The predicted octanol–water partition coefficient (Wildman–Crippen LogP) is 4.94. The number of pyridine rings is 1. The van der Waals surface area contributed by atoms with Crippen molar-refractivity contribution in [1.29, 1.82) is 0 Å². The van der Waals surface area contributed by atoms with Gasteiger partial charge < -0.3 is 47.1 Å². The molecule has 346 valence electrons. The maximum atomic E-state index is 14.0. The van der Waals surface area contributed by atoms with Crippen LogP contribution in [-0.4, -0.2) is 92.5 Å². The van der Waals surface area contributed by atoms with Crippen LogP contribution in [0, 0.1) is 17.8 Å². The van der Waals surface area contributed by atoms with Crippen LogP contribution < -0.4 is 26.6 Å². The molecule has 4 aromatic rings. The number of carboxylic acid groups (broad SMARTS) is 1. The second-order valence-corrected chi connectivity index (χ2v) is 16.2. The Hall–Kier alpha value is -6.62. The maximum Gasteiger partial charge on any atom is 0.408 e. The number of amides is 5. The standard InChI is InChI=1S/C40H55N7O8.C7H9N2/c1-7-26(6)34(39(52)53)47-38(51)33(25(4)5)46-37(50)30(18-24(2)3)43-36(49)32(20-29-21-41-23-42-29)44-35(48)31(19-27-14-10-8-11-15-27)45-40(54)55-22-28-16-12-9-13-17-28;8-5-4-7-3-1-2-6-9-7/h8-17,21,23-26,30-34H,7,18-20,22H2,1-6H3,(H,41,42)(H,43,49)(H,44,48)(H,45,54)(H,46,50)(H,47,51)(H,52,53);1-3,6,8H,4-5H2/q;-1/t26-,30-,31-,32-,33-,34-;/m0./s1. The number of carbonyl (C=O) groups is 6. The van der Waals surface area contributed by atoms with Gasteiger partial charge in [-0.25, -0.2) is 14.6 Å². The quantitative estimate of drug-likeness (QED) is 0.0528. The number of rotatable bonds is 23. The van der Waals surface area contributed by atoms with Gasteiger partial charge in [0.25, 0.3) is 0 Å². The zero-order chi connectivity index (χ0) is 47.0. The van der Waals surface area contributed by atoms with Crippen LogP contribution >= 0.6 is 0 Å². The summed E-state index contributed by atoms with van der Waals surface area (Å²) in [5.41, 5.74) is 9.93. The average Bonchev–Trinajstić information content (AvgIpc) is 3.80. The van der Waals surface area contributed by atoms with Gasteiger partial charge in [0, 0.05) is 36.6 Å². The van der Waals surface area contributed by atoms with Gasteiger partial charge in [-0.3, -0.25) is 24.2 Å². The molecule has 5 amide bonds. The summed E-state index contributed by atoms with van der Waals surface area (Å²) in [5.74, 6) is -4.72. The Morgan fingerprint density at radius 3 is 1.81 bits per heavy atom. The molecule has 17 nitrogen and oxygen atoms in total. The first-order valence-corrected chi connectivity index (χ1v) is 21.6. The number of ether oxygens (including phenoxy) is 1. The van der Waals surface area contributed by atoms with Crippen LogP contribution in [0.4, 0.5) is 4.79 Å². The van der Waals surface area contributed by atoms with Gasteiger partial charge in [-0.05, 0) is 53.9 Å². The number of aromatic nitrogens is 3. The Morgan fingerprint density at radius 1 is 0.703 bits per heavy atom. The summed E-state index contributed by atoms with van der Waals surface area (Å²) < 4.78 is 5.39. The Labute approximate surface area is 375 Å². The summed E-state index contributed by atoms with van der Waals surface area (Å²) in [6.07, 6.45) is 5.37. The molecular formula is C47H64N9O8-. The predicted molar refractivity (Wildman–Crippen MR) is 242 cm³/mol. The topological polar surface area (TPSA) is 257 Å². The largest absolute Gasteiger partial charge is 0.677 e. The molecule has 0 aliphatic heterocycles. The summed E-state index contributed by atoms with van der Waals surface area (Å²) >= 11 is 0. The molecule has 0 saturated carbocycles. The molecule has 0 aliphatic carbocycles. The number of carboxylic acids is 1. The average molecular weight is 883 g/mol. The highest BCUT2D eigenvalue weighted by atomic mass is 16.5. The van der Waals surface area contributed by atoms with E-state index in [0.717, 1.165) is 23.2 Å². The lowest BCUT2D eigenvalue weighted by Crippen LogP contribution is -2.60. The number of hydrogen-bond acceptors (Lipinski definition) is 9. The molecule has 0 unspecified atom stereocenters. The highest BCUT2D eigenvalue weighted by molar-refractivity contribution is 5.96. The zero-order valence-electron chi connectivity index (χ0n) is 37.5. The lowest BCUT2D eigenvalue weighted by atomic mass is 9.96. The smallest absolute Gasteiger partial charge is 0.408 e. The summed E-state index contributed by atoms with van der Waals surface area (Å²) in [5, 5.41) is 23.2. The number of benzene rings is 2. The van der Waals surface area contributed by atoms with Crippen molar-refractivity contribution in [2.45, 2.75) is 110 Å². The summed E-state index contributed by atoms with van der Waals surface area (Å²) in [7, 11) is 0. The molecule has 64 heavy (non-hydrogen) atoms. The van der Waals surface area contributed by atoms with Gasteiger partial charge in [-0.2, -0.15) is 0 Å². The molecule has 0 fully saturated rings. The lowest BCUT2D eigenvalue weighted by molar-refractivity contribution is -0.144. The normalized spacial score (nSPS) is 13.7. The van der Waals surface area contributed by atoms with E-state index in [9.17, 15) is 33.9 Å². The molecule has 17 heteroatoms. The van der Waals surface area contributed by atoms with E-state index >= 15 is 0 Å². The van der Waals surface area contributed by atoms with Crippen LogP contribution in [0.25, 0.3) is 5.73 Å². The van der Waals surface area contributed by atoms with Crippen molar-refractivity contribution in [2.24, 2.45) is 17.8 Å². The Morgan fingerprint density at radius 2 is 1.28 bits per heavy atom. The summed E-state index contributed by atoms with van der Waals surface area (Å²) in [4.78, 5) is 91.0. The lowest BCUT2D eigenvalue weighted by Gasteiger charge is -2.29. The maximum absolute atomic E-state index is 14.0. The number of nitrogens with one attached hydrogen (secondary N) is 7. The van der Waals surface area contributed by atoms with Crippen LogP contribution in [0.3, 0.4) is 0 Å². The van der Waals surface area contributed by atoms with Gasteiger partial charge in [-0.15, -0.1) is 6.54 Å². The van der Waals surface area contributed by atoms with Crippen molar-refractivity contribution >= 4 is 35.7 Å². The fourth-order valence-electron chi connectivity index (χ4n) is 6.43. The van der Waals surface area contributed by atoms with E-state index in [4.69, 9.17) is 10.5 Å². The molecule has 2 heterocycles. The second-order valence-electron chi connectivity index (χ2n) is 16.2.